The van der Waals surface area contributed by atoms with Gasteiger partial charge in [-0.1, -0.05) is 6.92 Å². The van der Waals surface area contributed by atoms with Crippen molar-refractivity contribution < 1.29 is 0 Å². The van der Waals surface area contributed by atoms with Gasteiger partial charge in [-0.05, 0) is 24.9 Å². The summed E-state index contributed by atoms with van der Waals surface area (Å²) in [4.78, 5) is 14.4. The smallest absolute Gasteiger partial charge is 0.142 e. The molecule has 2 aromatic heterocycles. The molecule has 0 saturated carbocycles. The summed E-state index contributed by atoms with van der Waals surface area (Å²) < 4.78 is 0. The highest BCUT2D eigenvalue weighted by Crippen LogP contribution is 2.40. The van der Waals surface area contributed by atoms with Crippen LogP contribution in [-0.4, -0.2) is 41.1 Å². The average Bonchev–Trinajstić information content (AvgIpc) is 3.02. The van der Waals surface area contributed by atoms with E-state index in [9.17, 15) is 0 Å². The van der Waals surface area contributed by atoms with E-state index in [-0.39, 0.29) is 0 Å². The summed E-state index contributed by atoms with van der Waals surface area (Å²) >= 11 is 0. The number of anilines is 1. The Morgan fingerprint density at radius 1 is 1.42 bits per heavy atom. The van der Waals surface area contributed by atoms with Gasteiger partial charge in [-0.2, -0.15) is 0 Å². The Kier molecular flexibility index (Phi) is 2.33. The summed E-state index contributed by atoms with van der Waals surface area (Å²) in [5.74, 6) is 1.89. The van der Waals surface area contributed by atoms with Crippen LogP contribution < -0.4 is 10.2 Å². The monoisotopic (exact) mass is 257 g/mol. The quantitative estimate of drug-likeness (QED) is 0.810. The van der Waals surface area contributed by atoms with E-state index in [1.54, 1.807) is 6.33 Å². The lowest BCUT2D eigenvalue weighted by Gasteiger charge is -2.42. The molecule has 0 aliphatic carbocycles. The fourth-order valence-corrected chi connectivity index (χ4v) is 3.68. The third-order valence-corrected chi connectivity index (χ3v) is 4.84. The van der Waals surface area contributed by atoms with Gasteiger partial charge >= 0.3 is 0 Å². The first-order chi connectivity index (χ1) is 9.26. The van der Waals surface area contributed by atoms with E-state index >= 15 is 0 Å². The van der Waals surface area contributed by atoms with Gasteiger partial charge in [0.15, 0.2) is 0 Å². The van der Waals surface area contributed by atoms with Crippen LogP contribution in [0.2, 0.25) is 0 Å². The Morgan fingerprint density at radius 3 is 3.32 bits per heavy atom. The number of hydrogen-bond donors (Lipinski definition) is 2. The molecule has 2 aliphatic heterocycles. The number of aromatic nitrogens is 3. The lowest BCUT2D eigenvalue weighted by Crippen LogP contribution is -2.47. The third kappa shape index (κ3) is 1.64. The number of fused-ring (bicyclic) bond motifs is 2. The van der Waals surface area contributed by atoms with Crippen LogP contribution in [-0.2, 0) is 0 Å². The molecule has 2 N–H and O–H groups in total. The second-order valence-electron chi connectivity index (χ2n) is 6.13. The molecule has 4 heterocycles. The molecule has 0 radical (unpaired) electrons. The van der Waals surface area contributed by atoms with Crippen LogP contribution >= 0.6 is 0 Å². The minimum atomic E-state index is 0.381. The molecule has 2 atom stereocenters. The third-order valence-electron chi connectivity index (χ3n) is 4.84. The van der Waals surface area contributed by atoms with Gasteiger partial charge in [0.1, 0.15) is 17.8 Å². The summed E-state index contributed by atoms with van der Waals surface area (Å²) in [6.07, 6.45) is 4.85. The molecule has 5 nitrogen and oxygen atoms in total. The SMILES string of the molecule is CC12CNCC1CCN(c1ncnc3[nH]ccc13)C2. The van der Waals surface area contributed by atoms with Crippen molar-refractivity contribution in [3.63, 3.8) is 0 Å². The van der Waals surface area contributed by atoms with E-state index in [2.05, 4.69) is 38.2 Å². The Hall–Kier alpha value is -1.62. The minimum Gasteiger partial charge on any atom is -0.355 e. The predicted molar refractivity (Wildman–Crippen MR) is 75.2 cm³/mol. The molecule has 2 aliphatic rings. The highest BCUT2D eigenvalue weighted by atomic mass is 15.2. The molecule has 2 aromatic rings. The fourth-order valence-electron chi connectivity index (χ4n) is 3.68. The number of nitrogens with zero attached hydrogens (tertiary/aromatic N) is 3. The van der Waals surface area contributed by atoms with Gasteiger partial charge in [0, 0.05) is 31.2 Å². The van der Waals surface area contributed by atoms with Crippen molar-refractivity contribution in [2.45, 2.75) is 13.3 Å². The van der Waals surface area contributed by atoms with Crippen LogP contribution in [0.25, 0.3) is 11.0 Å². The van der Waals surface area contributed by atoms with Gasteiger partial charge in [0.25, 0.3) is 0 Å². The lowest BCUT2D eigenvalue weighted by molar-refractivity contribution is 0.215. The zero-order valence-electron chi connectivity index (χ0n) is 11.2. The Bertz CT molecular complexity index is 607. The van der Waals surface area contributed by atoms with Gasteiger partial charge < -0.3 is 15.2 Å². The summed E-state index contributed by atoms with van der Waals surface area (Å²) in [5.41, 5.74) is 1.31. The van der Waals surface area contributed by atoms with E-state index in [4.69, 9.17) is 0 Å². The molecular formula is C14H19N5. The van der Waals surface area contributed by atoms with E-state index in [0.29, 0.717) is 5.41 Å². The van der Waals surface area contributed by atoms with Crippen molar-refractivity contribution in [1.29, 1.82) is 0 Å². The van der Waals surface area contributed by atoms with Gasteiger partial charge in [-0.25, -0.2) is 9.97 Å². The van der Waals surface area contributed by atoms with Crippen LogP contribution in [0.1, 0.15) is 13.3 Å². The van der Waals surface area contributed by atoms with Gasteiger partial charge in [0.05, 0.1) is 5.39 Å². The van der Waals surface area contributed by atoms with E-state index < -0.39 is 0 Å². The van der Waals surface area contributed by atoms with Gasteiger partial charge in [-0.3, -0.25) is 0 Å². The summed E-state index contributed by atoms with van der Waals surface area (Å²) in [5, 5.41) is 4.68. The first-order valence-corrected chi connectivity index (χ1v) is 7.00. The van der Waals surface area contributed by atoms with Crippen molar-refractivity contribution in [1.82, 2.24) is 20.3 Å². The van der Waals surface area contributed by atoms with Crippen molar-refractivity contribution >= 4 is 16.9 Å². The van der Waals surface area contributed by atoms with Crippen LogP contribution in [0.3, 0.4) is 0 Å². The molecule has 5 heteroatoms. The number of nitrogens with one attached hydrogen (secondary N) is 2. The molecule has 0 aromatic carbocycles. The number of H-pyrrole nitrogens is 1. The number of piperidine rings is 1. The average molecular weight is 257 g/mol. The molecule has 4 rings (SSSR count). The molecule has 0 amide bonds. The van der Waals surface area contributed by atoms with E-state index in [0.717, 1.165) is 42.4 Å². The Balaban J connectivity index is 1.71. The summed E-state index contributed by atoms with van der Waals surface area (Å²) in [6.45, 7) is 6.88. The Labute approximate surface area is 112 Å². The van der Waals surface area contributed by atoms with Crippen molar-refractivity contribution in [3.05, 3.63) is 18.6 Å². The topological polar surface area (TPSA) is 56.8 Å². The standard InChI is InChI=1S/C14H19N5/c1-14-7-15-6-10(14)3-5-19(8-14)13-11-2-4-16-12(11)17-9-18-13/h2,4,9-10,15H,3,5-8H2,1H3,(H,16,17,18). The normalized spacial score (nSPS) is 30.8. The molecule has 2 unspecified atom stereocenters. The number of hydrogen-bond acceptors (Lipinski definition) is 4. The molecule has 2 fully saturated rings. The zero-order chi connectivity index (χ0) is 12.9. The van der Waals surface area contributed by atoms with Gasteiger partial charge in [-0.15, -0.1) is 0 Å². The molecule has 0 spiro atoms. The van der Waals surface area contributed by atoms with Crippen LogP contribution in [0.4, 0.5) is 5.82 Å². The maximum atomic E-state index is 4.52. The lowest BCUT2D eigenvalue weighted by atomic mass is 9.75. The van der Waals surface area contributed by atoms with Crippen molar-refractivity contribution in [2.24, 2.45) is 11.3 Å². The minimum absolute atomic E-state index is 0.381. The largest absolute Gasteiger partial charge is 0.355 e. The first kappa shape index (κ1) is 11.2. The molecule has 0 bridgehead atoms. The molecule has 100 valence electrons. The van der Waals surface area contributed by atoms with Crippen LogP contribution in [0.15, 0.2) is 18.6 Å². The molecular weight excluding hydrogens is 238 g/mol. The van der Waals surface area contributed by atoms with Crippen molar-refractivity contribution in [2.75, 3.05) is 31.1 Å². The maximum absolute atomic E-state index is 4.52. The highest BCUT2D eigenvalue weighted by Gasteiger charge is 2.43. The second kappa shape index (κ2) is 3.93. The Morgan fingerprint density at radius 2 is 2.37 bits per heavy atom. The predicted octanol–water partition coefficient (Wildman–Crippen LogP) is 1.39. The maximum Gasteiger partial charge on any atom is 0.142 e. The van der Waals surface area contributed by atoms with Crippen molar-refractivity contribution in [3.8, 4) is 0 Å². The zero-order valence-corrected chi connectivity index (χ0v) is 11.2. The summed E-state index contributed by atoms with van der Waals surface area (Å²) in [6, 6.07) is 2.08. The van der Waals surface area contributed by atoms with E-state index in [1.807, 2.05) is 6.20 Å². The van der Waals surface area contributed by atoms with Gasteiger partial charge in [0.2, 0.25) is 0 Å². The first-order valence-electron chi connectivity index (χ1n) is 7.00. The second-order valence-corrected chi connectivity index (χ2v) is 6.13. The number of aromatic amines is 1. The molecule has 2 saturated heterocycles. The summed E-state index contributed by atoms with van der Waals surface area (Å²) in [7, 11) is 0. The van der Waals surface area contributed by atoms with Crippen LogP contribution in [0.5, 0.6) is 0 Å². The highest BCUT2D eigenvalue weighted by molar-refractivity contribution is 5.87. The van der Waals surface area contributed by atoms with E-state index in [1.165, 1.54) is 13.0 Å². The number of rotatable bonds is 1. The molecule has 19 heavy (non-hydrogen) atoms. The van der Waals surface area contributed by atoms with Crippen LogP contribution in [0, 0.1) is 11.3 Å². The fraction of sp³-hybridized carbons (Fsp3) is 0.571.